The molecule has 2 heterocycles. The number of carbonyl (C=O) groups excluding carboxylic acids is 2. The van der Waals surface area contributed by atoms with E-state index in [1.807, 2.05) is 36.4 Å². The number of ether oxygens (including phenoxy) is 1. The highest BCUT2D eigenvalue weighted by Gasteiger charge is 2.41. The molecule has 2 fully saturated rings. The predicted octanol–water partition coefficient (Wildman–Crippen LogP) is 3.06. The number of likely N-dealkylation sites (tertiary alicyclic amines) is 1. The van der Waals surface area contributed by atoms with Crippen LogP contribution in [0.1, 0.15) is 42.7 Å². The minimum absolute atomic E-state index is 0.0278. The van der Waals surface area contributed by atoms with Gasteiger partial charge in [0.2, 0.25) is 5.91 Å². The lowest BCUT2D eigenvalue weighted by Crippen LogP contribution is -2.58. The van der Waals surface area contributed by atoms with Crippen LogP contribution in [0.4, 0.5) is 4.79 Å². The Morgan fingerprint density at radius 1 is 1.00 bits per heavy atom. The Morgan fingerprint density at radius 2 is 1.57 bits per heavy atom. The van der Waals surface area contributed by atoms with Crippen LogP contribution in [0.5, 0.6) is 0 Å². The first kappa shape index (κ1) is 23.4. The smallest absolute Gasteiger partial charge is 0.407 e. The van der Waals surface area contributed by atoms with Gasteiger partial charge in [-0.25, -0.2) is 4.79 Å². The zero-order chi connectivity index (χ0) is 24.5. The van der Waals surface area contributed by atoms with Gasteiger partial charge in [0.1, 0.15) is 12.6 Å². The van der Waals surface area contributed by atoms with E-state index in [0.717, 1.165) is 35.1 Å². The number of nitrogens with zero attached hydrogens (tertiary/aromatic N) is 2. The first-order chi connectivity index (χ1) is 16.9. The molecule has 2 amide bonds. The van der Waals surface area contributed by atoms with Crippen LogP contribution in [-0.4, -0.2) is 77.7 Å². The zero-order valence-electron chi connectivity index (χ0n) is 19.9. The molecule has 184 valence electrons. The minimum Gasteiger partial charge on any atom is -0.481 e. The van der Waals surface area contributed by atoms with Gasteiger partial charge in [-0.3, -0.25) is 14.5 Å². The summed E-state index contributed by atoms with van der Waals surface area (Å²) in [5.74, 6) is -1.32. The highest BCUT2D eigenvalue weighted by atomic mass is 16.5. The van der Waals surface area contributed by atoms with Gasteiger partial charge in [-0.15, -0.1) is 0 Å². The number of hydrogen-bond acceptors (Lipinski definition) is 5. The molecule has 2 aromatic carbocycles. The fourth-order valence-corrected chi connectivity index (χ4v) is 5.82. The Kier molecular flexibility index (Phi) is 6.47. The van der Waals surface area contributed by atoms with Gasteiger partial charge in [-0.1, -0.05) is 48.5 Å². The van der Waals surface area contributed by atoms with Crippen LogP contribution in [0.25, 0.3) is 11.1 Å². The molecular formula is C27H31N3O5. The van der Waals surface area contributed by atoms with Crippen LogP contribution >= 0.6 is 0 Å². The summed E-state index contributed by atoms with van der Waals surface area (Å²) in [7, 11) is 2.08. The fraction of sp³-hybridized carbons (Fsp3) is 0.444. The van der Waals surface area contributed by atoms with Gasteiger partial charge in [0.15, 0.2) is 0 Å². The van der Waals surface area contributed by atoms with Gasteiger partial charge in [0.05, 0.1) is 0 Å². The van der Waals surface area contributed by atoms with Crippen LogP contribution in [0.15, 0.2) is 48.5 Å². The molecule has 2 aromatic rings. The molecule has 35 heavy (non-hydrogen) atoms. The molecular weight excluding hydrogens is 446 g/mol. The number of nitrogens with one attached hydrogen (secondary N) is 1. The quantitative estimate of drug-likeness (QED) is 0.636. The first-order valence-electron chi connectivity index (χ1n) is 12.3. The maximum atomic E-state index is 13.3. The van der Waals surface area contributed by atoms with Crippen LogP contribution in [0.2, 0.25) is 0 Å². The van der Waals surface area contributed by atoms with Gasteiger partial charge < -0.3 is 20.1 Å². The highest BCUT2D eigenvalue weighted by molar-refractivity contribution is 5.86. The number of likely N-dealkylation sites (N-methyl/N-ethyl adjacent to an activating group) is 1. The van der Waals surface area contributed by atoms with Crippen molar-refractivity contribution in [2.45, 2.75) is 49.7 Å². The highest BCUT2D eigenvalue weighted by Crippen LogP contribution is 2.44. The van der Waals surface area contributed by atoms with Crippen molar-refractivity contribution < 1.29 is 24.2 Å². The SMILES string of the molecule is CN1C2CCC1CN(C(=O)C(CCC(=O)O)NC(=O)OCC1c3ccccc3-c3ccccc31)C2. The predicted molar refractivity (Wildman–Crippen MR) is 130 cm³/mol. The molecule has 3 unspecified atom stereocenters. The second-order valence-corrected chi connectivity index (χ2v) is 9.75. The van der Waals surface area contributed by atoms with Crippen molar-refractivity contribution in [2.24, 2.45) is 0 Å². The average molecular weight is 478 g/mol. The summed E-state index contributed by atoms with van der Waals surface area (Å²) in [4.78, 5) is 41.4. The number of alkyl carbamates (subject to hydrolysis) is 1. The third-order valence-electron chi connectivity index (χ3n) is 7.74. The standard InChI is InChI=1S/C27H31N3O5/c1-29-17-10-11-18(29)15-30(14-17)26(33)24(12-13-25(31)32)28-27(34)35-16-23-21-8-4-2-6-19(21)20-7-3-5-9-22(20)23/h2-9,17-18,23-24H,10-16H2,1H3,(H,28,34)(H,31,32). The van der Waals surface area contributed by atoms with E-state index in [4.69, 9.17) is 4.74 Å². The summed E-state index contributed by atoms with van der Waals surface area (Å²) < 4.78 is 5.61. The van der Waals surface area contributed by atoms with Crippen LogP contribution in [0.3, 0.4) is 0 Å². The zero-order valence-corrected chi connectivity index (χ0v) is 19.9. The molecule has 1 aliphatic carbocycles. The molecule has 2 aliphatic heterocycles. The second-order valence-electron chi connectivity index (χ2n) is 9.75. The van der Waals surface area contributed by atoms with E-state index in [-0.39, 0.29) is 31.3 Å². The normalized spacial score (nSPS) is 21.8. The van der Waals surface area contributed by atoms with Crippen molar-refractivity contribution in [1.82, 2.24) is 15.1 Å². The maximum Gasteiger partial charge on any atom is 0.407 e. The van der Waals surface area contributed by atoms with E-state index in [1.54, 1.807) is 4.90 Å². The number of carboxylic acids is 1. The van der Waals surface area contributed by atoms with E-state index >= 15 is 0 Å². The molecule has 0 radical (unpaired) electrons. The van der Waals surface area contributed by atoms with Crippen LogP contribution in [-0.2, 0) is 14.3 Å². The third-order valence-corrected chi connectivity index (χ3v) is 7.74. The molecule has 2 bridgehead atoms. The van der Waals surface area contributed by atoms with Crippen LogP contribution < -0.4 is 5.32 Å². The molecule has 0 saturated carbocycles. The van der Waals surface area contributed by atoms with E-state index in [0.29, 0.717) is 25.2 Å². The molecule has 5 rings (SSSR count). The summed E-state index contributed by atoms with van der Waals surface area (Å²) in [5, 5.41) is 11.8. The lowest BCUT2D eigenvalue weighted by molar-refractivity contribution is -0.139. The molecule has 3 atom stereocenters. The van der Waals surface area contributed by atoms with Crippen molar-refractivity contribution >= 4 is 18.0 Å². The number of carboxylic acid groups (broad SMARTS) is 1. The van der Waals surface area contributed by atoms with E-state index < -0.39 is 18.1 Å². The molecule has 2 saturated heterocycles. The topological polar surface area (TPSA) is 99.2 Å². The number of rotatable bonds is 7. The Morgan fingerprint density at radius 3 is 2.14 bits per heavy atom. The number of piperazine rings is 1. The lowest BCUT2D eigenvalue weighted by Gasteiger charge is -2.40. The molecule has 3 aliphatic rings. The van der Waals surface area contributed by atoms with Crippen molar-refractivity contribution in [3.63, 3.8) is 0 Å². The van der Waals surface area contributed by atoms with Crippen molar-refractivity contribution in [2.75, 3.05) is 26.7 Å². The number of benzene rings is 2. The summed E-state index contributed by atoms with van der Waals surface area (Å²) in [6.07, 6.45) is 1.21. The minimum atomic E-state index is -1.00. The third kappa shape index (κ3) is 4.62. The number of aliphatic carboxylic acids is 1. The maximum absolute atomic E-state index is 13.3. The largest absolute Gasteiger partial charge is 0.481 e. The van der Waals surface area contributed by atoms with Gasteiger partial charge in [0, 0.05) is 37.5 Å². The number of hydrogen-bond donors (Lipinski definition) is 2. The number of fused-ring (bicyclic) bond motifs is 5. The monoisotopic (exact) mass is 477 g/mol. The van der Waals surface area contributed by atoms with E-state index in [2.05, 4.69) is 29.4 Å². The van der Waals surface area contributed by atoms with E-state index in [9.17, 15) is 19.5 Å². The molecule has 2 N–H and O–H groups in total. The summed E-state index contributed by atoms with van der Waals surface area (Å²) >= 11 is 0. The first-order valence-corrected chi connectivity index (χ1v) is 12.3. The van der Waals surface area contributed by atoms with Gasteiger partial charge in [-0.2, -0.15) is 0 Å². The summed E-state index contributed by atoms with van der Waals surface area (Å²) in [6.45, 7) is 1.34. The number of amides is 2. The molecule has 0 spiro atoms. The second kappa shape index (κ2) is 9.70. The van der Waals surface area contributed by atoms with Gasteiger partial charge in [-0.05, 0) is 48.6 Å². The Hall–Kier alpha value is -3.39. The number of carbonyl (C=O) groups is 3. The molecule has 8 heteroatoms. The van der Waals surface area contributed by atoms with Crippen molar-refractivity contribution in [1.29, 1.82) is 0 Å². The van der Waals surface area contributed by atoms with Gasteiger partial charge >= 0.3 is 12.1 Å². The molecule has 8 nitrogen and oxygen atoms in total. The van der Waals surface area contributed by atoms with Crippen molar-refractivity contribution in [3.05, 3.63) is 59.7 Å². The van der Waals surface area contributed by atoms with Gasteiger partial charge in [0.25, 0.3) is 0 Å². The lowest BCUT2D eigenvalue weighted by atomic mass is 9.98. The Balaban J connectivity index is 1.25. The van der Waals surface area contributed by atoms with E-state index in [1.165, 1.54) is 0 Å². The van der Waals surface area contributed by atoms with Crippen molar-refractivity contribution in [3.8, 4) is 11.1 Å². The molecule has 0 aromatic heterocycles. The van der Waals surface area contributed by atoms with Crippen LogP contribution in [0, 0.1) is 0 Å². The Bertz CT molecular complexity index is 1080. The average Bonchev–Trinajstić information content (AvgIpc) is 3.25. The summed E-state index contributed by atoms with van der Waals surface area (Å²) in [6, 6.07) is 15.9. The Labute approximate surface area is 204 Å². The summed E-state index contributed by atoms with van der Waals surface area (Å²) in [5.41, 5.74) is 4.48. The fourth-order valence-electron chi connectivity index (χ4n) is 5.82.